The highest BCUT2D eigenvalue weighted by atomic mass is 32.1. The third-order valence-electron chi connectivity index (χ3n) is 5.46. The van der Waals surface area contributed by atoms with Gasteiger partial charge in [0, 0.05) is 28.9 Å². The predicted molar refractivity (Wildman–Crippen MR) is 115 cm³/mol. The quantitative estimate of drug-likeness (QED) is 0.468. The highest BCUT2D eigenvalue weighted by Gasteiger charge is 2.40. The van der Waals surface area contributed by atoms with Crippen LogP contribution in [0.15, 0.2) is 64.0 Å². The molecule has 8 heteroatoms. The molecule has 0 saturated heterocycles. The molecule has 0 spiro atoms. The molecule has 0 fully saturated rings. The van der Waals surface area contributed by atoms with E-state index in [1.54, 1.807) is 0 Å². The lowest BCUT2D eigenvalue weighted by Crippen LogP contribution is -2.32. The number of benzene rings is 1. The van der Waals surface area contributed by atoms with Crippen LogP contribution in [0.25, 0.3) is 15.5 Å². The summed E-state index contributed by atoms with van der Waals surface area (Å²) in [5.41, 5.74) is 1.65. The predicted octanol–water partition coefficient (Wildman–Crippen LogP) is 4.41. The van der Waals surface area contributed by atoms with E-state index < -0.39 is 5.92 Å². The number of fused-ring (bicyclic) bond motifs is 2. The molecule has 0 amide bonds. The number of thiophene rings is 1. The van der Waals surface area contributed by atoms with E-state index in [-0.39, 0.29) is 11.3 Å². The van der Waals surface area contributed by atoms with Crippen molar-refractivity contribution < 1.29 is 9.53 Å². The maximum Gasteiger partial charge on any atom is 0.283 e. The molecular formula is C22H15N3O3S2. The van der Waals surface area contributed by atoms with Crippen molar-refractivity contribution in [2.75, 3.05) is 0 Å². The Labute approximate surface area is 179 Å². The maximum atomic E-state index is 13.6. The first-order valence-corrected chi connectivity index (χ1v) is 11.4. The van der Waals surface area contributed by atoms with Crippen LogP contribution in [0.1, 0.15) is 35.6 Å². The Morgan fingerprint density at radius 2 is 1.93 bits per heavy atom. The number of hydrogen-bond donors (Lipinski definition) is 0. The minimum Gasteiger partial charge on any atom is -0.442 e. The molecule has 2 aliphatic rings. The van der Waals surface area contributed by atoms with E-state index in [9.17, 15) is 9.59 Å². The van der Waals surface area contributed by atoms with Gasteiger partial charge in [-0.05, 0) is 17.9 Å². The standard InChI is InChI=1S/C22H15N3O3S2/c26-13-8-4-9-14-16(13)17(15-10-5-11-29-15)18-19(28-14)23-22-25(21(18)27)24-20(30-22)12-6-2-1-3-7-12/h1-3,5-7,10-11,17H,4,8-9H2. The number of allylic oxidation sites excluding steroid dienone is 2. The molecule has 4 aromatic rings. The number of hydrogen-bond acceptors (Lipinski definition) is 7. The third kappa shape index (κ3) is 2.60. The van der Waals surface area contributed by atoms with Gasteiger partial charge in [0.25, 0.3) is 5.56 Å². The molecule has 0 radical (unpaired) electrons. The molecule has 1 atom stereocenters. The average Bonchev–Trinajstić information content (AvgIpc) is 3.44. The number of ketones is 1. The second kappa shape index (κ2) is 6.72. The van der Waals surface area contributed by atoms with Crippen molar-refractivity contribution in [3.8, 4) is 16.5 Å². The summed E-state index contributed by atoms with van der Waals surface area (Å²) in [5.74, 6) is 0.555. The van der Waals surface area contributed by atoms with E-state index >= 15 is 0 Å². The monoisotopic (exact) mass is 433 g/mol. The molecule has 6 nitrogen and oxygen atoms in total. The van der Waals surface area contributed by atoms with Crippen molar-refractivity contribution in [3.05, 3.63) is 80.0 Å². The smallest absolute Gasteiger partial charge is 0.283 e. The number of Topliss-reactive ketones (excluding diaryl/α,β-unsaturated/α-hetero) is 1. The molecule has 3 aromatic heterocycles. The van der Waals surface area contributed by atoms with Gasteiger partial charge in [0.05, 0.1) is 11.5 Å². The molecule has 1 aromatic carbocycles. The SMILES string of the molecule is O=C1CCCC2=C1C(c1cccs1)c1c(nc3sc(-c4ccccc4)nn3c1=O)O2. The van der Waals surface area contributed by atoms with Crippen LogP contribution in [0.4, 0.5) is 0 Å². The van der Waals surface area contributed by atoms with Gasteiger partial charge >= 0.3 is 0 Å². The topological polar surface area (TPSA) is 73.6 Å². The van der Waals surface area contributed by atoms with Gasteiger partial charge in [-0.1, -0.05) is 47.7 Å². The van der Waals surface area contributed by atoms with Crippen LogP contribution in [0.5, 0.6) is 5.88 Å². The number of nitrogens with zero attached hydrogens (tertiary/aromatic N) is 3. The Morgan fingerprint density at radius 3 is 2.73 bits per heavy atom. The minimum absolute atomic E-state index is 0.0491. The van der Waals surface area contributed by atoms with Crippen LogP contribution < -0.4 is 10.3 Å². The lowest BCUT2D eigenvalue weighted by molar-refractivity contribution is -0.116. The maximum absolute atomic E-state index is 13.6. The van der Waals surface area contributed by atoms with Crippen molar-refractivity contribution in [2.24, 2.45) is 0 Å². The zero-order valence-corrected chi connectivity index (χ0v) is 17.3. The Balaban J connectivity index is 1.61. The number of ether oxygens (including phenoxy) is 1. The van der Waals surface area contributed by atoms with E-state index in [0.717, 1.165) is 16.9 Å². The fourth-order valence-electron chi connectivity index (χ4n) is 4.12. The first-order chi connectivity index (χ1) is 14.7. The largest absolute Gasteiger partial charge is 0.442 e. The van der Waals surface area contributed by atoms with Crippen molar-refractivity contribution >= 4 is 33.4 Å². The van der Waals surface area contributed by atoms with Crippen molar-refractivity contribution in [1.82, 2.24) is 14.6 Å². The molecule has 4 heterocycles. The summed E-state index contributed by atoms with van der Waals surface area (Å²) in [6, 6.07) is 13.6. The van der Waals surface area contributed by atoms with Crippen molar-refractivity contribution in [1.29, 1.82) is 0 Å². The van der Waals surface area contributed by atoms with Gasteiger partial charge in [0.15, 0.2) is 5.78 Å². The highest BCUT2D eigenvalue weighted by Crippen LogP contribution is 2.46. The fraction of sp³-hybridized carbons (Fsp3) is 0.182. The zero-order valence-electron chi connectivity index (χ0n) is 15.7. The van der Waals surface area contributed by atoms with Gasteiger partial charge < -0.3 is 4.74 Å². The number of rotatable bonds is 2. The summed E-state index contributed by atoms with van der Waals surface area (Å²) >= 11 is 2.88. The molecule has 6 rings (SSSR count). The van der Waals surface area contributed by atoms with Gasteiger partial charge in [0.1, 0.15) is 10.8 Å². The van der Waals surface area contributed by atoms with Gasteiger partial charge in [-0.15, -0.1) is 11.3 Å². The molecule has 1 aliphatic heterocycles. The summed E-state index contributed by atoms with van der Waals surface area (Å²) < 4.78 is 7.40. The summed E-state index contributed by atoms with van der Waals surface area (Å²) in [4.78, 5) is 32.5. The number of aromatic nitrogens is 3. The molecule has 148 valence electrons. The molecule has 1 unspecified atom stereocenters. The molecule has 30 heavy (non-hydrogen) atoms. The third-order valence-corrected chi connectivity index (χ3v) is 7.36. The van der Waals surface area contributed by atoms with Crippen molar-refractivity contribution in [2.45, 2.75) is 25.2 Å². The van der Waals surface area contributed by atoms with Crippen molar-refractivity contribution in [3.63, 3.8) is 0 Å². The molecule has 0 N–H and O–H groups in total. The first-order valence-electron chi connectivity index (χ1n) is 9.67. The number of carbonyl (C=O) groups excluding carboxylic acids is 1. The Hall–Kier alpha value is -3.10. The van der Waals surface area contributed by atoms with E-state index in [0.29, 0.717) is 45.6 Å². The normalized spacial score (nSPS) is 18.3. The molecule has 0 bridgehead atoms. The van der Waals surface area contributed by atoms with Gasteiger partial charge in [0.2, 0.25) is 10.8 Å². The van der Waals surface area contributed by atoms with Crippen LogP contribution in [0.3, 0.4) is 0 Å². The fourth-order valence-corrected chi connectivity index (χ4v) is 5.86. The zero-order chi connectivity index (χ0) is 20.2. The van der Waals surface area contributed by atoms with Crippen LogP contribution in [-0.4, -0.2) is 20.4 Å². The van der Waals surface area contributed by atoms with Gasteiger partial charge in [-0.25, -0.2) is 0 Å². The second-order valence-corrected chi connectivity index (χ2v) is 9.20. The molecular weight excluding hydrogens is 418 g/mol. The molecule has 1 aliphatic carbocycles. The first kappa shape index (κ1) is 17.7. The van der Waals surface area contributed by atoms with Crippen LogP contribution in [0, 0.1) is 0 Å². The Bertz CT molecular complexity index is 1380. The summed E-state index contributed by atoms with van der Waals surface area (Å²) in [6.07, 6.45) is 1.91. The summed E-state index contributed by atoms with van der Waals surface area (Å²) in [7, 11) is 0. The van der Waals surface area contributed by atoms with E-state index in [2.05, 4.69) is 10.1 Å². The van der Waals surface area contributed by atoms with E-state index in [1.165, 1.54) is 27.2 Å². The summed E-state index contributed by atoms with van der Waals surface area (Å²) in [6.45, 7) is 0. The van der Waals surface area contributed by atoms with Gasteiger partial charge in [-0.3, -0.25) is 9.59 Å². The Morgan fingerprint density at radius 1 is 1.07 bits per heavy atom. The minimum atomic E-state index is -0.449. The van der Waals surface area contributed by atoms with Crippen LogP contribution in [-0.2, 0) is 4.79 Å². The van der Waals surface area contributed by atoms with Gasteiger partial charge in [-0.2, -0.15) is 14.6 Å². The van der Waals surface area contributed by atoms with Crippen LogP contribution in [0.2, 0.25) is 0 Å². The summed E-state index contributed by atoms with van der Waals surface area (Å²) in [5, 5.41) is 7.20. The number of carbonyl (C=O) groups is 1. The Kier molecular flexibility index (Phi) is 3.97. The lowest BCUT2D eigenvalue weighted by Gasteiger charge is -2.30. The second-order valence-electron chi connectivity index (χ2n) is 7.27. The van der Waals surface area contributed by atoms with Crippen LogP contribution >= 0.6 is 22.7 Å². The van der Waals surface area contributed by atoms with E-state index in [4.69, 9.17) is 4.74 Å². The molecule has 0 saturated carbocycles. The average molecular weight is 434 g/mol. The lowest BCUT2D eigenvalue weighted by atomic mass is 9.81. The van der Waals surface area contributed by atoms with E-state index in [1.807, 2.05) is 47.8 Å². The highest BCUT2D eigenvalue weighted by molar-refractivity contribution is 7.19.